The van der Waals surface area contributed by atoms with Crippen molar-refractivity contribution < 1.29 is 13.0 Å². The zero-order valence-electron chi connectivity index (χ0n) is 25.6. The van der Waals surface area contributed by atoms with E-state index in [1.165, 1.54) is 109 Å². The number of rotatable bonds is 23. The van der Waals surface area contributed by atoms with Crippen molar-refractivity contribution in [3.05, 3.63) is 41.5 Å². The Kier molecular flexibility index (Phi) is 20.9. The maximum Gasteiger partial charge on any atom is 0.295 e. The van der Waals surface area contributed by atoms with E-state index in [2.05, 4.69) is 19.9 Å². The average Bonchev–Trinajstić information content (AvgIpc) is 2.89. The first-order chi connectivity index (χ1) is 18.5. The predicted octanol–water partition coefficient (Wildman–Crippen LogP) is 10.6. The first-order valence-corrected chi connectivity index (χ1v) is 17.4. The Morgan fingerprint density at radius 2 is 1.00 bits per heavy atom. The third kappa shape index (κ3) is 14.9. The van der Waals surface area contributed by atoms with Crippen molar-refractivity contribution in [2.24, 2.45) is 0 Å². The molecule has 0 saturated heterocycles. The van der Waals surface area contributed by atoms with Crippen LogP contribution in [0, 0.1) is 0 Å². The van der Waals surface area contributed by atoms with Gasteiger partial charge in [0.2, 0.25) is 0 Å². The number of hydrogen-bond donors (Lipinski definition) is 1. The molecular formula is C34H56NaO3S. The Labute approximate surface area is 263 Å². The van der Waals surface area contributed by atoms with Crippen molar-refractivity contribution >= 4 is 50.4 Å². The van der Waals surface area contributed by atoms with Gasteiger partial charge < -0.3 is 0 Å². The summed E-state index contributed by atoms with van der Waals surface area (Å²) in [4.78, 5) is 0.161. The van der Waals surface area contributed by atoms with E-state index >= 15 is 0 Å². The second-order valence-electron chi connectivity index (χ2n) is 11.4. The second-order valence-corrected chi connectivity index (χ2v) is 12.8. The van der Waals surface area contributed by atoms with Crippen LogP contribution in [0.4, 0.5) is 0 Å². The van der Waals surface area contributed by atoms with Gasteiger partial charge >= 0.3 is 0 Å². The SMILES string of the molecule is CCCCCCCCCCCCc1cc2ccccc2c(S(=O)(=O)O)c1CCCCCCCCCCCC.[Na]. The molecule has 0 aliphatic heterocycles. The molecule has 2 aromatic carbocycles. The van der Waals surface area contributed by atoms with Crippen molar-refractivity contribution in [2.45, 2.75) is 160 Å². The predicted molar refractivity (Wildman–Crippen MR) is 171 cm³/mol. The summed E-state index contributed by atoms with van der Waals surface area (Å²) in [5.41, 5.74) is 1.98. The van der Waals surface area contributed by atoms with Crippen LogP contribution < -0.4 is 0 Å². The molecule has 0 heterocycles. The standard InChI is InChI=1S/C34H56O3S.Na/c1-3-5-7-9-11-13-15-17-19-21-25-30-29-31-26-23-24-28-33(31)34(38(35,36)37)32(30)27-22-20-18-16-14-12-10-8-6-4-2;/h23-24,26,28-29H,3-22,25,27H2,1-2H3,(H,35,36,37);. The van der Waals surface area contributed by atoms with Gasteiger partial charge in [-0.05, 0) is 42.2 Å². The summed E-state index contributed by atoms with van der Waals surface area (Å²) >= 11 is 0. The van der Waals surface area contributed by atoms with Gasteiger partial charge in [0, 0.05) is 34.9 Å². The Balaban J connectivity index is 0.00000760. The molecule has 2 aromatic rings. The third-order valence-corrected chi connectivity index (χ3v) is 9.02. The first kappa shape index (κ1) is 36.6. The summed E-state index contributed by atoms with van der Waals surface area (Å²) in [5.74, 6) is 0. The van der Waals surface area contributed by atoms with E-state index < -0.39 is 10.1 Å². The molecule has 0 amide bonds. The topological polar surface area (TPSA) is 54.4 Å². The van der Waals surface area contributed by atoms with E-state index in [1.807, 2.05) is 24.3 Å². The van der Waals surface area contributed by atoms with Crippen LogP contribution in [0.3, 0.4) is 0 Å². The van der Waals surface area contributed by atoms with E-state index in [9.17, 15) is 13.0 Å². The fourth-order valence-electron chi connectivity index (χ4n) is 5.80. The largest absolute Gasteiger partial charge is 0.295 e. The number of fused-ring (bicyclic) bond motifs is 1. The van der Waals surface area contributed by atoms with E-state index in [-0.39, 0.29) is 34.5 Å². The van der Waals surface area contributed by atoms with Crippen molar-refractivity contribution in [3.63, 3.8) is 0 Å². The van der Waals surface area contributed by atoms with Crippen LogP contribution in [0.2, 0.25) is 0 Å². The third-order valence-electron chi connectivity index (χ3n) is 8.03. The Hall–Kier alpha value is -0.390. The Bertz CT molecular complexity index is 1000. The van der Waals surface area contributed by atoms with Crippen LogP contribution in [0.25, 0.3) is 10.8 Å². The molecule has 3 nitrogen and oxygen atoms in total. The number of aryl methyl sites for hydroxylation is 1. The Morgan fingerprint density at radius 1 is 0.590 bits per heavy atom. The van der Waals surface area contributed by atoms with Gasteiger partial charge in [-0.1, -0.05) is 160 Å². The van der Waals surface area contributed by atoms with Gasteiger partial charge in [0.1, 0.15) is 4.90 Å². The number of unbranched alkanes of at least 4 members (excludes halogenated alkanes) is 18. The van der Waals surface area contributed by atoms with Crippen LogP contribution in [-0.2, 0) is 23.0 Å². The van der Waals surface area contributed by atoms with Gasteiger partial charge in [-0.3, -0.25) is 4.55 Å². The fraction of sp³-hybridized carbons (Fsp3) is 0.706. The van der Waals surface area contributed by atoms with Crippen LogP contribution >= 0.6 is 0 Å². The molecule has 39 heavy (non-hydrogen) atoms. The molecule has 0 aromatic heterocycles. The molecule has 217 valence electrons. The molecule has 0 saturated carbocycles. The monoisotopic (exact) mass is 567 g/mol. The van der Waals surface area contributed by atoms with Gasteiger partial charge in [0.05, 0.1) is 0 Å². The number of hydrogen-bond acceptors (Lipinski definition) is 2. The molecule has 0 fully saturated rings. The summed E-state index contributed by atoms with van der Waals surface area (Å²) in [6.07, 6.45) is 27.0. The molecule has 0 aliphatic carbocycles. The molecule has 1 radical (unpaired) electrons. The zero-order valence-corrected chi connectivity index (χ0v) is 28.4. The normalized spacial score (nSPS) is 11.7. The molecule has 0 spiro atoms. The van der Waals surface area contributed by atoms with Crippen molar-refractivity contribution in [2.75, 3.05) is 0 Å². The summed E-state index contributed by atoms with van der Waals surface area (Å²) in [7, 11) is -4.30. The second kappa shape index (κ2) is 22.2. The van der Waals surface area contributed by atoms with E-state index in [1.54, 1.807) is 0 Å². The van der Waals surface area contributed by atoms with Gasteiger partial charge in [0.25, 0.3) is 10.1 Å². The van der Waals surface area contributed by atoms with Gasteiger partial charge in [-0.25, -0.2) is 0 Å². The van der Waals surface area contributed by atoms with Gasteiger partial charge in [-0.15, -0.1) is 0 Å². The molecule has 0 bridgehead atoms. The van der Waals surface area contributed by atoms with Crippen molar-refractivity contribution in [1.29, 1.82) is 0 Å². The van der Waals surface area contributed by atoms with Gasteiger partial charge in [-0.2, -0.15) is 8.42 Å². The smallest absolute Gasteiger partial charge is 0.282 e. The quantitative estimate of drug-likeness (QED) is 0.0825. The number of benzene rings is 2. The van der Waals surface area contributed by atoms with Gasteiger partial charge in [0.15, 0.2) is 0 Å². The molecule has 0 aliphatic rings. The minimum absolute atomic E-state index is 0. The van der Waals surface area contributed by atoms with Crippen molar-refractivity contribution in [3.8, 4) is 0 Å². The molecular weight excluding hydrogens is 511 g/mol. The van der Waals surface area contributed by atoms with Crippen LogP contribution in [0.15, 0.2) is 35.2 Å². The van der Waals surface area contributed by atoms with E-state index in [0.717, 1.165) is 48.6 Å². The molecule has 0 atom stereocenters. The van der Waals surface area contributed by atoms with Crippen LogP contribution in [0.5, 0.6) is 0 Å². The zero-order chi connectivity index (χ0) is 27.5. The Morgan fingerprint density at radius 3 is 1.46 bits per heavy atom. The minimum Gasteiger partial charge on any atom is -0.282 e. The van der Waals surface area contributed by atoms with E-state index in [4.69, 9.17) is 0 Å². The average molecular weight is 568 g/mol. The first-order valence-electron chi connectivity index (χ1n) is 16.0. The summed E-state index contributed by atoms with van der Waals surface area (Å²) in [5, 5.41) is 1.57. The molecule has 1 N–H and O–H groups in total. The van der Waals surface area contributed by atoms with Crippen LogP contribution in [0.1, 0.15) is 153 Å². The van der Waals surface area contributed by atoms with Crippen LogP contribution in [-0.4, -0.2) is 42.5 Å². The maximum absolute atomic E-state index is 12.6. The molecule has 2 rings (SSSR count). The summed E-state index contributed by atoms with van der Waals surface area (Å²) in [6.45, 7) is 4.52. The summed E-state index contributed by atoms with van der Waals surface area (Å²) in [6, 6.07) is 9.80. The minimum atomic E-state index is -4.30. The fourth-order valence-corrected chi connectivity index (χ4v) is 6.81. The maximum atomic E-state index is 12.6. The molecule has 0 unspecified atom stereocenters. The van der Waals surface area contributed by atoms with E-state index in [0.29, 0.717) is 5.39 Å². The summed E-state index contributed by atoms with van der Waals surface area (Å²) < 4.78 is 35.5. The molecule has 5 heteroatoms. The van der Waals surface area contributed by atoms with Crippen molar-refractivity contribution in [1.82, 2.24) is 0 Å².